The SMILES string of the molecule is CC(C)N(CCNC1CCC1)C(C)C. The van der Waals surface area contributed by atoms with Gasteiger partial charge in [-0.1, -0.05) is 6.42 Å². The Morgan fingerprint density at radius 2 is 1.71 bits per heavy atom. The van der Waals surface area contributed by atoms with E-state index in [9.17, 15) is 0 Å². The first-order chi connectivity index (χ1) is 6.61. The van der Waals surface area contributed by atoms with Crippen LogP contribution in [0.1, 0.15) is 47.0 Å². The Bertz CT molecular complexity index is 142. The molecule has 0 aromatic heterocycles. The molecule has 0 bridgehead atoms. The quantitative estimate of drug-likeness (QED) is 0.704. The van der Waals surface area contributed by atoms with Gasteiger partial charge in [-0.25, -0.2) is 0 Å². The normalized spacial score (nSPS) is 18.2. The molecule has 0 atom stereocenters. The van der Waals surface area contributed by atoms with Crippen molar-refractivity contribution in [1.29, 1.82) is 0 Å². The third-order valence-corrected chi connectivity index (χ3v) is 3.23. The topological polar surface area (TPSA) is 15.3 Å². The van der Waals surface area contributed by atoms with Gasteiger partial charge in [-0.15, -0.1) is 0 Å². The van der Waals surface area contributed by atoms with Crippen LogP contribution in [0.5, 0.6) is 0 Å². The highest BCUT2D eigenvalue weighted by molar-refractivity contribution is 4.77. The molecular formula is C12H26N2. The van der Waals surface area contributed by atoms with Gasteiger partial charge in [0.25, 0.3) is 0 Å². The standard InChI is InChI=1S/C12H26N2/c1-10(2)14(11(3)4)9-8-13-12-6-5-7-12/h10-13H,5-9H2,1-4H3. The second-order valence-electron chi connectivity index (χ2n) is 5.01. The minimum absolute atomic E-state index is 0.665. The van der Waals surface area contributed by atoms with Gasteiger partial charge in [0.2, 0.25) is 0 Å². The minimum Gasteiger partial charge on any atom is -0.313 e. The highest BCUT2D eigenvalue weighted by atomic mass is 15.2. The fourth-order valence-electron chi connectivity index (χ4n) is 2.12. The van der Waals surface area contributed by atoms with Crippen LogP contribution in [0.25, 0.3) is 0 Å². The van der Waals surface area contributed by atoms with Gasteiger partial charge in [0.15, 0.2) is 0 Å². The van der Waals surface area contributed by atoms with Gasteiger partial charge < -0.3 is 5.32 Å². The molecule has 0 saturated heterocycles. The maximum atomic E-state index is 3.62. The maximum absolute atomic E-state index is 3.62. The summed E-state index contributed by atoms with van der Waals surface area (Å²) in [6, 6.07) is 2.16. The summed E-state index contributed by atoms with van der Waals surface area (Å²) < 4.78 is 0. The van der Waals surface area contributed by atoms with Gasteiger partial charge in [0.1, 0.15) is 0 Å². The summed E-state index contributed by atoms with van der Waals surface area (Å²) in [5, 5.41) is 3.62. The first-order valence-electron chi connectivity index (χ1n) is 6.10. The fourth-order valence-corrected chi connectivity index (χ4v) is 2.12. The molecule has 84 valence electrons. The Hall–Kier alpha value is -0.0800. The van der Waals surface area contributed by atoms with Crippen molar-refractivity contribution in [3.8, 4) is 0 Å². The van der Waals surface area contributed by atoms with E-state index in [2.05, 4.69) is 37.9 Å². The lowest BCUT2D eigenvalue weighted by atomic mass is 9.93. The zero-order valence-corrected chi connectivity index (χ0v) is 10.2. The summed E-state index contributed by atoms with van der Waals surface area (Å²) >= 11 is 0. The van der Waals surface area contributed by atoms with Crippen molar-refractivity contribution in [1.82, 2.24) is 10.2 Å². The van der Waals surface area contributed by atoms with Gasteiger partial charge in [-0.05, 0) is 40.5 Å². The number of hydrogen-bond donors (Lipinski definition) is 1. The molecule has 1 N–H and O–H groups in total. The number of nitrogens with one attached hydrogen (secondary N) is 1. The lowest BCUT2D eigenvalue weighted by molar-refractivity contribution is 0.170. The Labute approximate surface area is 89.1 Å². The molecule has 0 spiro atoms. The number of hydrogen-bond acceptors (Lipinski definition) is 2. The van der Waals surface area contributed by atoms with E-state index in [4.69, 9.17) is 0 Å². The van der Waals surface area contributed by atoms with E-state index in [-0.39, 0.29) is 0 Å². The molecule has 1 aliphatic carbocycles. The Morgan fingerprint density at radius 1 is 1.14 bits per heavy atom. The van der Waals surface area contributed by atoms with E-state index in [1.165, 1.54) is 25.8 Å². The average molecular weight is 198 g/mol. The lowest BCUT2D eigenvalue weighted by Crippen LogP contribution is -2.44. The molecule has 0 aliphatic heterocycles. The zero-order valence-electron chi connectivity index (χ0n) is 10.2. The smallest absolute Gasteiger partial charge is 0.0112 e. The molecule has 14 heavy (non-hydrogen) atoms. The first kappa shape index (κ1) is 12.0. The Morgan fingerprint density at radius 3 is 2.07 bits per heavy atom. The van der Waals surface area contributed by atoms with E-state index < -0.39 is 0 Å². The number of nitrogens with zero attached hydrogens (tertiary/aromatic N) is 1. The van der Waals surface area contributed by atoms with E-state index in [1.807, 2.05) is 0 Å². The molecule has 0 heterocycles. The van der Waals surface area contributed by atoms with Crippen molar-refractivity contribution < 1.29 is 0 Å². The molecule has 0 aromatic carbocycles. The summed E-state index contributed by atoms with van der Waals surface area (Å²) in [5.41, 5.74) is 0. The van der Waals surface area contributed by atoms with Crippen molar-refractivity contribution in [3.63, 3.8) is 0 Å². The van der Waals surface area contributed by atoms with Crippen LogP contribution in [0, 0.1) is 0 Å². The van der Waals surface area contributed by atoms with Crippen molar-refractivity contribution in [3.05, 3.63) is 0 Å². The van der Waals surface area contributed by atoms with Crippen LogP contribution in [0.15, 0.2) is 0 Å². The van der Waals surface area contributed by atoms with Crippen LogP contribution in [-0.2, 0) is 0 Å². The second-order valence-corrected chi connectivity index (χ2v) is 5.01. The van der Waals surface area contributed by atoms with Crippen LogP contribution in [0.3, 0.4) is 0 Å². The summed E-state index contributed by atoms with van der Waals surface area (Å²) in [6.07, 6.45) is 4.21. The summed E-state index contributed by atoms with van der Waals surface area (Å²) in [5.74, 6) is 0. The molecule has 2 heteroatoms. The molecule has 0 radical (unpaired) electrons. The second kappa shape index (κ2) is 5.72. The fraction of sp³-hybridized carbons (Fsp3) is 1.00. The lowest BCUT2D eigenvalue weighted by Gasteiger charge is -2.32. The van der Waals surface area contributed by atoms with Crippen LogP contribution >= 0.6 is 0 Å². The van der Waals surface area contributed by atoms with Crippen LogP contribution in [0.2, 0.25) is 0 Å². The van der Waals surface area contributed by atoms with E-state index in [0.29, 0.717) is 12.1 Å². The van der Waals surface area contributed by atoms with E-state index in [0.717, 1.165) is 12.6 Å². The molecule has 0 amide bonds. The van der Waals surface area contributed by atoms with Gasteiger partial charge in [-0.3, -0.25) is 4.90 Å². The van der Waals surface area contributed by atoms with Gasteiger partial charge in [0, 0.05) is 31.2 Å². The van der Waals surface area contributed by atoms with E-state index in [1.54, 1.807) is 0 Å². The van der Waals surface area contributed by atoms with Gasteiger partial charge in [-0.2, -0.15) is 0 Å². The Kier molecular flexibility index (Phi) is 4.90. The molecule has 1 fully saturated rings. The summed E-state index contributed by atoms with van der Waals surface area (Å²) in [4.78, 5) is 2.55. The van der Waals surface area contributed by atoms with Crippen molar-refractivity contribution in [2.45, 2.75) is 65.1 Å². The maximum Gasteiger partial charge on any atom is 0.0112 e. The summed E-state index contributed by atoms with van der Waals surface area (Å²) in [6.45, 7) is 11.5. The minimum atomic E-state index is 0.665. The van der Waals surface area contributed by atoms with Crippen molar-refractivity contribution in [2.24, 2.45) is 0 Å². The molecule has 1 saturated carbocycles. The molecule has 0 aromatic rings. The molecule has 2 nitrogen and oxygen atoms in total. The monoisotopic (exact) mass is 198 g/mol. The molecular weight excluding hydrogens is 172 g/mol. The highest BCUT2D eigenvalue weighted by Crippen LogP contribution is 2.17. The van der Waals surface area contributed by atoms with Gasteiger partial charge in [0.05, 0.1) is 0 Å². The van der Waals surface area contributed by atoms with Crippen LogP contribution < -0.4 is 5.32 Å². The summed E-state index contributed by atoms with van der Waals surface area (Å²) in [7, 11) is 0. The van der Waals surface area contributed by atoms with E-state index >= 15 is 0 Å². The van der Waals surface area contributed by atoms with Gasteiger partial charge >= 0.3 is 0 Å². The van der Waals surface area contributed by atoms with Crippen molar-refractivity contribution in [2.75, 3.05) is 13.1 Å². The average Bonchev–Trinajstić information content (AvgIpc) is 1.99. The predicted molar refractivity (Wildman–Crippen MR) is 62.6 cm³/mol. The molecule has 1 rings (SSSR count). The molecule has 1 aliphatic rings. The predicted octanol–water partition coefficient (Wildman–Crippen LogP) is 2.25. The van der Waals surface area contributed by atoms with Crippen LogP contribution in [0.4, 0.5) is 0 Å². The highest BCUT2D eigenvalue weighted by Gasteiger charge is 2.17. The largest absolute Gasteiger partial charge is 0.313 e. The third kappa shape index (κ3) is 3.58. The first-order valence-corrected chi connectivity index (χ1v) is 6.10. The number of rotatable bonds is 6. The molecule has 0 unspecified atom stereocenters. The third-order valence-electron chi connectivity index (χ3n) is 3.23. The Balaban J connectivity index is 2.12. The van der Waals surface area contributed by atoms with Crippen LogP contribution in [-0.4, -0.2) is 36.1 Å². The van der Waals surface area contributed by atoms with Crippen molar-refractivity contribution >= 4 is 0 Å². The zero-order chi connectivity index (χ0) is 10.6.